The van der Waals surface area contributed by atoms with Gasteiger partial charge in [-0.3, -0.25) is 9.68 Å². The van der Waals surface area contributed by atoms with Crippen molar-refractivity contribution in [1.82, 2.24) is 5.23 Å². The van der Waals surface area contributed by atoms with E-state index in [4.69, 9.17) is 19.6 Å². The van der Waals surface area contributed by atoms with Crippen LogP contribution >= 0.6 is 0 Å². The van der Waals surface area contributed by atoms with Crippen molar-refractivity contribution < 1.29 is 19.6 Å². The molecule has 0 aromatic heterocycles. The molecular weight excluding hydrogens is 188 g/mol. The molecule has 0 aliphatic carbocycles. The zero-order valence-electron chi connectivity index (χ0n) is 9.02. The van der Waals surface area contributed by atoms with Crippen molar-refractivity contribution in [1.29, 1.82) is 0 Å². The number of primary amides is 1. The van der Waals surface area contributed by atoms with Crippen molar-refractivity contribution in [3.8, 4) is 0 Å². The molecule has 0 rings (SSSR count). The monoisotopic (exact) mass is 208 g/mol. The molecule has 6 nitrogen and oxygen atoms in total. The van der Waals surface area contributed by atoms with E-state index in [9.17, 15) is 0 Å². The molecule has 0 spiro atoms. The standard InChI is InChI=1S/C7H17NO2.CH3NO2/c1-4-7-8(9-5-2)10-6-3;2-1(3)4/h4-7H2,1-3H3;2H2,(H,3,4). The van der Waals surface area contributed by atoms with Crippen molar-refractivity contribution in [2.45, 2.75) is 27.2 Å². The van der Waals surface area contributed by atoms with Crippen LogP contribution < -0.4 is 5.73 Å². The summed E-state index contributed by atoms with van der Waals surface area (Å²) in [6, 6.07) is 0. The van der Waals surface area contributed by atoms with E-state index in [-0.39, 0.29) is 0 Å². The van der Waals surface area contributed by atoms with E-state index in [2.05, 4.69) is 12.7 Å². The maximum atomic E-state index is 8.78. The highest BCUT2D eigenvalue weighted by atomic mass is 16.9. The SMILES string of the molecule is CCCN(OCC)OCC.NC(=O)O. The minimum atomic E-state index is -1.33. The van der Waals surface area contributed by atoms with Crippen LogP contribution in [0.15, 0.2) is 0 Å². The Balaban J connectivity index is 0. The minimum absolute atomic E-state index is 0.667. The van der Waals surface area contributed by atoms with Crippen molar-refractivity contribution in [2.75, 3.05) is 19.8 Å². The molecule has 0 aromatic rings. The van der Waals surface area contributed by atoms with E-state index < -0.39 is 6.09 Å². The highest BCUT2D eigenvalue weighted by molar-refractivity contribution is 5.61. The van der Waals surface area contributed by atoms with Gasteiger partial charge in [0, 0.05) is 0 Å². The van der Waals surface area contributed by atoms with Crippen LogP contribution in [0.25, 0.3) is 0 Å². The molecule has 0 fully saturated rings. The summed E-state index contributed by atoms with van der Waals surface area (Å²) in [7, 11) is 0. The van der Waals surface area contributed by atoms with Crippen LogP contribution in [0, 0.1) is 0 Å². The van der Waals surface area contributed by atoms with Gasteiger partial charge in [0.25, 0.3) is 0 Å². The fraction of sp³-hybridized carbons (Fsp3) is 0.875. The van der Waals surface area contributed by atoms with Crippen LogP contribution in [0.2, 0.25) is 0 Å². The van der Waals surface area contributed by atoms with Gasteiger partial charge in [-0.25, -0.2) is 4.79 Å². The number of nitrogens with zero attached hydrogens (tertiary/aromatic N) is 1. The molecule has 0 aliphatic rings. The first kappa shape index (κ1) is 15.6. The summed E-state index contributed by atoms with van der Waals surface area (Å²) in [6.45, 7) is 8.15. The largest absolute Gasteiger partial charge is 0.465 e. The van der Waals surface area contributed by atoms with E-state index in [0.717, 1.165) is 13.0 Å². The molecule has 0 unspecified atom stereocenters. The average Bonchev–Trinajstić information content (AvgIpc) is 2.04. The van der Waals surface area contributed by atoms with E-state index in [1.807, 2.05) is 13.8 Å². The molecule has 0 aliphatic heterocycles. The molecule has 0 bridgehead atoms. The molecule has 1 amide bonds. The lowest BCUT2D eigenvalue weighted by Crippen LogP contribution is -2.25. The first-order valence-electron chi connectivity index (χ1n) is 4.60. The molecule has 0 heterocycles. The summed E-state index contributed by atoms with van der Waals surface area (Å²) < 4.78 is 0. The van der Waals surface area contributed by atoms with Crippen molar-refractivity contribution >= 4 is 6.09 Å². The van der Waals surface area contributed by atoms with Gasteiger partial charge >= 0.3 is 6.09 Å². The molecule has 0 aromatic carbocycles. The fourth-order valence-electron chi connectivity index (χ4n) is 0.637. The molecule has 0 saturated carbocycles. The van der Waals surface area contributed by atoms with Gasteiger partial charge in [-0.2, -0.15) is 0 Å². The van der Waals surface area contributed by atoms with Gasteiger partial charge in [0.1, 0.15) is 0 Å². The second-order valence-corrected chi connectivity index (χ2v) is 2.23. The van der Waals surface area contributed by atoms with Crippen molar-refractivity contribution in [3.63, 3.8) is 0 Å². The van der Waals surface area contributed by atoms with E-state index in [1.165, 1.54) is 0 Å². The number of nitrogens with two attached hydrogens (primary N) is 1. The highest BCUT2D eigenvalue weighted by Gasteiger charge is 1.99. The van der Waals surface area contributed by atoms with E-state index >= 15 is 0 Å². The zero-order valence-corrected chi connectivity index (χ0v) is 9.02. The zero-order chi connectivity index (χ0) is 11.4. The van der Waals surface area contributed by atoms with Crippen LogP contribution in [-0.2, 0) is 9.68 Å². The van der Waals surface area contributed by atoms with Gasteiger partial charge in [0.15, 0.2) is 0 Å². The normalized spacial score (nSPS) is 9.43. The van der Waals surface area contributed by atoms with Crippen molar-refractivity contribution in [3.05, 3.63) is 0 Å². The van der Waals surface area contributed by atoms with Gasteiger partial charge in [0.2, 0.25) is 0 Å². The summed E-state index contributed by atoms with van der Waals surface area (Å²) in [5.41, 5.74) is 4.03. The van der Waals surface area contributed by atoms with Crippen LogP contribution in [0.4, 0.5) is 4.79 Å². The second-order valence-electron chi connectivity index (χ2n) is 2.23. The number of carboxylic acid groups (broad SMARTS) is 1. The summed E-state index contributed by atoms with van der Waals surface area (Å²) in [4.78, 5) is 19.0. The van der Waals surface area contributed by atoms with Crippen LogP contribution in [-0.4, -0.2) is 36.2 Å². The smallest absolute Gasteiger partial charge is 0.402 e. The maximum absolute atomic E-state index is 8.78. The Morgan fingerprint density at radius 1 is 1.29 bits per heavy atom. The molecule has 14 heavy (non-hydrogen) atoms. The van der Waals surface area contributed by atoms with Gasteiger partial charge in [-0.05, 0) is 20.3 Å². The Morgan fingerprint density at radius 3 is 1.86 bits per heavy atom. The Labute approximate surface area is 84.5 Å². The van der Waals surface area contributed by atoms with E-state index in [0.29, 0.717) is 13.2 Å². The minimum Gasteiger partial charge on any atom is -0.465 e. The highest BCUT2D eigenvalue weighted by Crippen LogP contribution is 1.93. The predicted molar refractivity (Wildman–Crippen MR) is 52.5 cm³/mol. The third kappa shape index (κ3) is 17.3. The summed E-state index contributed by atoms with van der Waals surface area (Å²) in [5, 5.41) is 8.74. The molecule has 3 N–H and O–H groups in total. The Kier molecular flexibility index (Phi) is 13.6. The molecular formula is C8H20N2O4. The molecule has 0 saturated heterocycles. The van der Waals surface area contributed by atoms with Crippen LogP contribution in [0.5, 0.6) is 0 Å². The fourth-order valence-corrected chi connectivity index (χ4v) is 0.637. The van der Waals surface area contributed by atoms with Crippen LogP contribution in [0.1, 0.15) is 27.2 Å². The number of hydrogen-bond acceptors (Lipinski definition) is 4. The average molecular weight is 208 g/mol. The molecule has 0 radical (unpaired) electrons. The third-order valence-electron chi connectivity index (χ3n) is 0.952. The maximum Gasteiger partial charge on any atom is 0.402 e. The Morgan fingerprint density at radius 2 is 1.64 bits per heavy atom. The number of carbonyl (C=O) groups is 1. The number of hydroxylamine groups is 2. The number of hydrogen-bond donors (Lipinski definition) is 2. The van der Waals surface area contributed by atoms with Crippen LogP contribution in [0.3, 0.4) is 0 Å². The Bertz CT molecular complexity index is 114. The van der Waals surface area contributed by atoms with Gasteiger partial charge in [-0.15, -0.1) is 0 Å². The number of amides is 1. The molecule has 6 heteroatoms. The lowest BCUT2D eigenvalue weighted by Gasteiger charge is -2.17. The van der Waals surface area contributed by atoms with Gasteiger partial charge in [0.05, 0.1) is 19.8 Å². The third-order valence-corrected chi connectivity index (χ3v) is 0.952. The summed E-state index contributed by atoms with van der Waals surface area (Å²) in [5.74, 6) is 0. The second kappa shape index (κ2) is 12.2. The lowest BCUT2D eigenvalue weighted by molar-refractivity contribution is -0.364. The van der Waals surface area contributed by atoms with E-state index in [1.54, 1.807) is 5.23 Å². The number of rotatable bonds is 6. The Hall–Kier alpha value is -0.850. The van der Waals surface area contributed by atoms with Gasteiger partial charge in [-0.1, -0.05) is 12.2 Å². The summed E-state index contributed by atoms with van der Waals surface area (Å²) >= 11 is 0. The topological polar surface area (TPSA) is 85.0 Å². The molecule has 0 atom stereocenters. The molecule has 86 valence electrons. The summed E-state index contributed by atoms with van der Waals surface area (Å²) in [6.07, 6.45) is -0.292. The van der Waals surface area contributed by atoms with Crippen molar-refractivity contribution in [2.24, 2.45) is 5.73 Å². The lowest BCUT2D eigenvalue weighted by atomic mass is 10.5. The first-order chi connectivity index (χ1) is 6.58. The quantitative estimate of drug-likeness (QED) is 0.641. The first-order valence-corrected chi connectivity index (χ1v) is 4.60. The van der Waals surface area contributed by atoms with Gasteiger partial charge < -0.3 is 10.8 Å². The predicted octanol–water partition coefficient (Wildman–Crippen LogP) is 1.22.